The van der Waals surface area contributed by atoms with Gasteiger partial charge in [0.05, 0.1) is 0 Å². The summed E-state index contributed by atoms with van der Waals surface area (Å²) >= 11 is 0. The van der Waals surface area contributed by atoms with Crippen molar-refractivity contribution in [2.75, 3.05) is 0 Å². The van der Waals surface area contributed by atoms with Crippen molar-refractivity contribution in [2.45, 2.75) is 40.5 Å². The Hall–Kier alpha value is -0.780. The molecule has 1 rings (SSSR count). The normalized spacial score (nSPS) is 23.4. The van der Waals surface area contributed by atoms with Crippen molar-refractivity contribution in [1.29, 1.82) is 0 Å². The van der Waals surface area contributed by atoms with E-state index < -0.39 is 0 Å². The van der Waals surface area contributed by atoms with Gasteiger partial charge in [0.15, 0.2) is 0 Å². The molecule has 0 fully saturated rings. The summed E-state index contributed by atoms with van der Waals surface area (Å²) in [6.45, 7) is 8.98. The summed E-state index contributed by atoms with van der Waals surface area (Å²) in [4.78, 5) is 0. The molecule has 0 heteroatoms. The predicted molar refractivity (Wildman–Crippen MR) is 59.7 cm³/mol. The van der Waals surface area contributed by atoms with Crippen LogP contribution in [0.3, 0.4) is 0 Å². The second-order valence-corrected chi connectivity index (χ2v) is 4.34. The molecular weight excluding hydrogens is 156 g/mol. The van der Waals surface area contributed by atoms with Crippen LogP contribution >= 0.6 is 0 Å². The van der Waals surface area contributed by atoms with Gasteiger partial charge in [0.2, 0.25) is 0 Å². The number of hydrogen-bond acceptors (Lipinski definition) is 0. The lowest BCUT2D eigenvalue weighted by molar-refractivity contribution is 0.578. The highest BCUT2D eigenvalue weighted by atomic mass is 14.3. The van der Waals surface area contributed by atoms with Gasteiger partial charge < -0.3 is 0 Å². The summed E-state index contributed by atoms with van der Waals surface area (Å²) < 4.78 is 0. The van der Waals surface area contributed by atoms with E-state index in [0.717, 1.165) is 0 Å². The SMILES string of the molecule is CCC/C=C1\C(C)=CC=CC1(C)C. The summed E-state index contributed by atoms with van der Waals surface area (Å²) in [5, 5.41) is 0. The van der Waals surface area contributed by atoms with Gasteiger partial charge in [0.1, 0.15) is 0 Å². The highest BCUT2D eigenvalue weighted by Crippen LogP contribution is 2.36. The zero-order valence-corrected chi connectivity index (χ0v) is 9.22. The standard InChI is InChI=1S/C13H20/c1-5-6-9-12-11(2)8-7-10-13(12,3)4/h7-10H,5-6H2,1-4H3/b12-9+. The monoisotopic (exact) mass is 176 g/mol. The summed E-state index contributed by atoms with van der Waals surface area (Å²) in [5.74, 6) is 0. The molecule has 0 aromatic rings. The Morgan fingerprint density at radius 3 is 2.62 bits per heavy atom. The molecule has 0 spiro atoms. The fraction of sp³-hybridized carbons (Fsp3) is 0.538. The van der Waals surface area contributed by atoms with Crippen LogP contribution in [0.5, 0.6) is 0 Å². The van der Waals surface area contributed by atoms with Crippen LogP contribution in [0.25, 0.3) is 0 Å². The molecule has 0 aromatic heterocycles. The Labute approximate surface area is 82.0 Å². The van der Waals surface area contributed by atoms with E-state index in [2.05, 4.69) is 52.0 Å². The van der Waals surface area contributed by atoms with E-state index in [4.69, 9.17) is 0 Å². The topological polar surface area (TPSA) is 0 Å². The minimum atomic E-state index is 0.230. The van der Waals surface area contributed by atoms with Crippen molar-refractivity contribution in [2.24, 2.45) is 5.41 Å². The van der Waals surface area contributed by atoms with Crippen molar-refractivity contribution < 1.29 is 0 Å². The number of rotatable bonds is 2. The Morgan fingerprint density at radius 1 is 1.38 bits per heavy atom. The van der Waals surface area contributed by atoms with Gasteiger partial charge in [-0.1, -0.05) is 51.5 Å². The predicted octanol–water partition coefficient (Wildman–Crippen LogP) is 4.26. The molecule has 0 radical (unpaired) electrons. The maximum absolute atomic E-state index is 2.38. The lowest BCUT2D eigenvalue weighted by Gasteiger charge is -2.28. The first-order valence-electron chi connectivity index (χ1n) is 5.15. The van der Waals surface area contributed by atoms with Gasteiger partial charge in [-0.25, -0.2) is 0 Å². The highest BCUT2D eigenvalue weighted by Gasteiger charge is 2.22. The Morgan fingerprint density at radius 2 is 2.08 bits per heavy atom. The highest BCUT2D eigenvalue weighted by molar-refractivity contribution is 5.43. The van der Waals surface area contributed by atoms with Gasteiger partial charge >= 0.3 is 0 Å². The molecule has 1 aliphatic carbocycles. The fourth-order valence-electron chi connectivity index (χ4n) is 1.83. The summed E-state index contributed by atoms with van der Waals surface area (Å²) in [5.41, 5.74) is 3.14. The average molecular weight is 176 g/mol. The molecule has 1 aliphatic rings. The smallest absolute Gasteiger partial charge is 0.00778 e. The first-order valence-corrected chi connectivity index (χ1v) is 5.15. The quantitative estimate of drug-likeness (QED) is 0.590. The molecule has 0 saturated carbocycles. The van der Waals surface area contributed by atoms with Crippen LogP contribution in [0, 0.1) is 5.41 Å². The lowest BCUT2D eigenvalue weighted by Crippen LogP contribution is -2.14. The van der Waals surface area contributed by atoms with Gasteiger partial charge in [0.25, 0.3) is 0 Å². The summed E-state index contributed by atoms with van der Waals surface area (Å²) in [7, 11) is 0. The van der Waals surface area contributed by atoms with E-state index in [9.17, 15) is 0 Å². The first kappa shape index (κ1) is 10.3. The van der Waals surface area contributed by atoms with Crippen molar-refractivity contribution in [3.63, 3.8) is 0 Å². The van der Waals surface area contributed by atoms with Gasteiger partial charge in [-0.15, -0.1) is 0 Å². The molecule has 0 aromatic carbocycles. The van der Waals surface area contributed by atoms with Gasteiger partial charge in [-0.3, -0.25) is 0 Å². The second kappa shape index (κ2) is 3.95. The average Bonchev–Trinajstić information content (AvgIpc) is 2.02. The third kappa shape index (κ3) is 2.33. The maximum atomic E-state index is 2.38. The molecule has 0 N–H and O–H groups in total. The van der Waals surface area contributed by atoms with Gasteiger partial charge in [0, 0.05) is 5.41 Å². The summed E-state index contributed by atoms with van der Waals surface area (Å²) in [6.07, 6.45) is 11.5. The molecule has 0 bridgehead atoms. The van der Waals surface area contributed by atoms with Crippen LogP contribution in [0.15, 0.2) is 35.5 Å². The molecule has 0 unspecified atom stereocenters. The van der Waals surface area contributed by atoms with E-state index in [1.807, 2.05) is 0 Å². The number of hydrogen-bond donors (Lipinski definition) is 0. The minimum Gasteiger partial charge on any atom is -0.0802 e. The van der Waals surface area contributed by atoms with Crippen molar-refractivity contribution >= 4 is 0 Å². The molecule has 0 aliphatic heterocycles. The Balaban J connectivity index is 2.92. The van der Waals surface area contributed by atoms with Gasteiger partial charge in [-0.2, -0.15) is 0 Å². The molecule has 0 amide bonds. The maximum Gasteiger partial charge on any atom is 0.00778 e. The zero-order chi connectivity index (χ0) is 9.90. The minimum absolute atomic E-state index is 0.230. The Bertz CT molecular complexity index is 262. The zero-order valence-electron chi connectivity index (χ0n) is 9.22. The van der Waals surface area contributed by atoms with Crippen molar-refractivity contribution in [3.05, 3.63) is 35.5 Å². The van der Waals surface area contributed by atoms with E-state index >= 15 is 0 Å². The third-order valence-electron chi connectivity index (χ3n) is 2.62. The van der Waals surface area contributed by atoms with E-state index in [0.29, 0.717) is 0 Å². The van der Waals surface area contributed by atoms with Crippen molar-refractivity contribution in [1.82, 2.24) is 0 Å². The van der Waals surface area contributed by atoms with E-state index in [1.165, 1.54) is 24.0 Å². The molecule has 0 nitrogen and oxygen atoms in total. The Kier molecular flexibility index (Phi) is 3.13. The molecule has 0 saturated heterocycles. The lowest BCUT2D eigenvalue weighted by atomic mass is 9.77. The molecule has 0 heterocycles. The number of allylic oxidation sites excluding steroid dienone is 6. The van der Waals surface area contributed by atoms with Crippen LogP contribution in [0.4, 0.5) is 0 Å². The van der Waals surface area contributed by atoms with Crippen LogP contribution in [-0.2, 0) is 0 Å². The van der Waals surface area contributed by atoms with Gasteiger partial charge in [-0.05, 0) is 24.5 Å². The van der Waals surface area contributed by atoms with Crippen LogP contribution in [0.1, 0.15) is 40.5 Å². The first-order chi connectivity index (χ1) is 6.08. The van der Waals surface area contributed by atoms with Crippen LogP contribution in [-0.4, -0.2) is 0 Å². The second-order valence-electron chi connectivity index (χ2n) is 4.34. The van der Waals surface area contributed by atoms with E-state index in [-0.39, 0.29) is 5.41 Å². The third-order valence-corrected chi connectivity index (χ3v) is 2.62. The largest absolute Gasteiger partial charge is 0.0802 e. The molecule has 13 heavy (non-hydrogen) atoms. The van der Waals surface area contributed by atoms with Crippen LogP contribution < -0.4 is 0 Å². The van der Waals surface area contributed by atoms with Crippen molar-refractivity contribution in [3.8, 4) is 0 Å². The molecule has 0 atom stereocenters. The molecule has 72 valence electrons. The van der Waals surface area contributed by atoms with E-state index in [1.54, 1.807) is 0 Å². The number of unbranched alkanes of at least 4 members (excludes halogenated alkanes) is 1. The fourth-order valence-corrected chi connectivity index (χ4v) is 1.83. The van der Waals surface area contributed by atoms with Crippen LogP contribution in [0.2, 0.25) is 0 Å². The molecular formula is C13H20. The summed E-state index contributed by atoms with van der Waals surface area (Å²) in [6, 6.07) is 0.